The van der Waals surface area contributed by atoms with E-state index in [1.807, 2.05) is 6.07 Å². The molecule has 21 heavy (non-hydrogen) atoms. The van der Waals surface area contributed by atoms with E-state index in [-0.39, 0.29) is 18.0 Å². The Morgan fingerprint density at radius 2 is 2.00 bits per heavy atom. The second kappa shape index (κ2) is 5.18. The molecule has 0 fully saturated rings. The lowest BCUT2D eigenvalue weighted by Gasteiger charge is -2.07. The highest BCUT2D eigenvalue weighted by Crippen LogP contribution is 2.25. The lowest BCUT2D eigenvalue weighted by atomic mass is 10.1. The summed E-state index contributed by atoms with van der Waals surface area (Å²) in [6, 6.07) is 10.7. The van der Waals surface area contributed by atoms with Crippen molar-refractivity contribution < 1.29 is 9.31 Å². The average Bonchev–Trinajstić information content (AvgIpc) is 2.81. The van der Waals surface area contributed by atoms with Crippen molar-refractivity contribution in [3.05, 3.63) is 75.2 Å². The van der Waals surface area contributed by atoms with Crippen LogP contribution in [0, 0.1) is 15.9 Å². The maximum atomic E-state index is 13.4. The van der Waals surface area contributed by atoms with Crippen molar-refractivity contribution in [2.45, 2.75) is 6.54 Å². The third-order valence-electron chi connectivity index (χ3n) is 3.31. The summed E-state index contributed by atoms with van der Waals surface area (Å²) in [5.74, 6) is -0.344. The lowest BCUT2D eigenvalue weighted by Crippen LogP contribution is -2.02. The molecule has 3 rings (SSSR count). The Morgan fingerprint density at radius 3 is 2.76 bits per heavy atom. The normalized spacial score (nSPS) is 11.0. The zero-order chi connectivity index (χ0) is 15.0. The summed E-state index contributed by atoms with van der Waals surface area (Å²) >= 11 is 5.91. The van der Waals surface area contributed by atoms with Gasteiger partial charge in [-0.25, -0.2) is 4.39 Å². The van der Waals surface area contributed by atoms with Crippen molar-refractivity contribution in [3.63, 3.8) is 0 Å². The molecule has 106 valence electrons. The summed E-state index contributed by atoms with van der Waals surface area (Å²) in [6.07, 6.45) is 1.77. The van der Waals surface area contributed by atoms with Gasteiger partial charge in [-0.3, -0.25) is 10.1 Å². The predicted molar refractivity (Wildman–Crippen MR) is 79.1 cm³/mol. The van der Waals surface area contributed by atoms with Gasteiger partial charge in [0.1, 0.15) is 5.82 Å². The maximum absolute atomic E-state index is 13.4. The predicted octanol–water partition coefficient (Wildman–Crippen LogP) is 4.39. The van der Waals surface area contributed by atoms with E-state index in [0.29, 0.717) is 16.1 Å². The molecule has 6 heteroatoms. The van der Waals surface area contributed by atoms with Gasteiger partial charge in [-0.2, -0.15) is 0 Å². The van der Waals surface area contributed by atoms with Gasteiger partial charge >= 0.3 is 0 Å². The van der Waals surface area contributed by atoms with Crippen molar-refractivity contribution >= 4 is 28.2 Å². The minimum absolute atomic E-state index is 0.00217. The van der Waals surface area contributed by atoms with Crippen molar-refractivity contribution in [3.8, 4) is 0 Å². The number of hydrogen-bond acceptors (Lipinski definition) is 2. The van der Waals surface area contributed by atoms with Crippen LogP contribution in [-0.4, -0.2) is 9.49 Å². The molecule has 0 unspecified atom stereocenters. The minimum atomic E-state index is -0.446. The first-order valence-corrected chi connectivity index (χ1v) is 6.59. The van der Waals surface area contributed by atoms with Crippen LogP contribution >= 0.6 is 11.6 Å². The van der Waals surface area contributed by atoms with E-state index in [9.17, 15) is 14.5 Å². The monoisotopic (exact) mass is 304 g/mol. The molecular weight excluding hydrogens is 295 g/mol. The molecule has 0 saturated carbocycles. The van der Waals surface area contributed by atoms with Crippen LogP contribution in [0.15, 0.2) is 48.7 Å². The molecule has 0 spiro atoms. The van der Waals surface area contributed by atoms with Gasteiger partial charge in [-0.15, -0.1) is 0 Å². The van der Waals surface area contributed by atoms with Gasteiger partial charge in [0.2, 0.25) is 0 Å². The highest BCUT2D eigenvalue weighted by Gasteiger charge is 2.15. The summed E-state index contributed by atoms with van der Waals surface area (Å²) in [5.41, 5.74) is 1.16. The number of halogens is 2. The Kier molecular flexibility index (Phi) is 3.35. The number of benzene rings is 2. The molecule has 0 aliphatic rings. The highest BCUT2D eigenvalue weighted by atomic mass is 35.5. The second-order valence-electron chi connectivity index (χ2n) is 4.68. The average molecular weight is 305 g/mol. The number of aromatic nitrogens is 1. The fraction of sp³-hybridized carbons (Fsp3) is 0.0667. The van der Waals surface area contributed by atoms with Gasteiger partial charge in [0.15, 0.2) is 0 Å². The lowest BCUT2D eigenvalue weighted by molar-refractivity contribution is -0.385. The first kappa shape index (κ1) is 13.6. The van der Waals surface area contributed by atoms with Crippen molar-refractivity contribution in [2.75, 3.05) is 0 Å². The number of hydrogen-bond donors (Lipinski definition) is 0. The van der Waals surface area contributed by atoms with E-state index in [4.69, 9.17) is 11.6 Å². The number of fused-ring (bicyclic) bond motifs is 1. The van der Waals surface area contributed by atoms with Crippen LogP contribution in [0.25, 0.3) is 10.9 Å². The smallest absolute Gasteiger partial charge is 0.274 e. The third kappa shape index (κ3) is 2.60. The van der Waals surface area contributed by atoms with Gasteiger partial charge < -0.3 is 4.57 Å². The summed E-state index contributed by atoms with van der Waals surface area (Å²) in [4.78, 5) is 10.6. The molecule has 0 saturated heterocycles. The first-order valence-electron chi connectivity index (χ1n) is 6.22. The summed E-state index contributed by atoms with van der Waals surface area (Å²) < 4.78 is 15.1. The third-order valence-corrected chi connectivity index (χ3v) is 3.55. The molecule has 0 aliphatic carbocycles. The molecule has 0 amide bonds. The number of nitro benzene ring substituents is 1. The Balaban J connectivity index is 2.08. The molecular formula is C15H10ClFN2O2. The molecule has 1 aromatic heterocycles. The molecule has 0 N–H and O–H groups in total. The van der Waals surface area contributed by atoms with Crippen molar-refractivity contribution in [1.82, 2.24) is 4.57 Å². The Labute approximate surface area is 124 Å². The van der Waals surface area contributed by atoms with Crippen LogP contribution in [0.1, 0.15) is 5.56 Å². The van der Waals surface area contributed by atoms with Crippen LogP contribution < -0.4 is 0 Å². The highest BCUT2D eigenvalue weighted by molar-refractivity contribution is 6.30. The first-order chi connectivity index (χ1) is 10.0. The Hall–Kier alpha value is -2.40. The molecule has 0 bridgehead atoms. The van der Waals surface area contributed by atoms with Gasteiger partial charge in [-0.05, 0) is 41.8 Å². The summed E-state index contributed by atoms with van der Waals surface area (Å²) in [7, 11) is 0. The summed E-state index contributed by atoms with van der Waals surface area (Å²) in [6.45, 7) is 0.254. The van der Waals surface area contributed by atoms with Gasteiger partial charge in [0.05, 0.1) is 22.5 Å². The van der Waals surface area contributed by atoms with Crippen LogP contribution in [0.4, 0.5) is 10.1 Å². The molecule has 1 heterocycles. The molecule has 3 aromatic rings. The van der Waals surface area contributed by atoms with Crippen LogP contribution in [0.3, 0.4) is 0 Å². The Bertz CT molecular complexity index is 845. The van der Waals surface area contributed by atoms with Crippen LogP contribution in [-0.2, 0) is 6.54 Å². The zero-order valence-electron chi connectivity index (χ0n) is 10.8. The fourth-order valence-corrected chi connectivity index (χ4v) is 2.53. The summed E-state index contributed by atoms with van der Waals surface area (Å²) in [5, 5.41) is 12.4. The zero-order valence-corrected chi connectivity index (χ0v) is 11.5. The van der Waals surface area contributed by atoms with Crippen molar-refractivity contribution in [2.24, 2.45) is 0 Å². The largest absolute Gasteiger partial charge is 0.343 e. The van der Waals surface area contributed by atoms with E-state index in [0.717, 1.165) is 5.39 Å². The second-order valence-corrected chi connectivity index (χ2v) is 5.11. The number of nitro groups is 1. The fourth-order valence-electron chi connectivity index (χ4n) is 2.34. The molecule has 0 atom stereocenters. The van der Waals surface area contributed by atoms with E-state index in [1.165, 1.54) is 24.3 Å². The van der Waals surface area contributed by atoms with E-state index in [1.54, 1.807) is 22.9 Å². The van der Waals surface area contributed by atoms with E-state index >= 15 is 0 Å². The van der Waals surface area contributed by atoms with Crippen molar-refractivity contribution in [1.29, 1.82) is 0 Å². The van der Waals surface area contributed by atoms with Gasteiger partial charge in [0, 0.05) is 17.3 Å². The van der Waals surface area contributed by atoms with E-state index in [2.05, 4.69) is 0 Å². The molecule has 0 radical (unpaired) electrons. The van der Waals surface area contributed by atoms with E-state index < -0.39 is 4.92 Å². The Morgan fingerprint density at radius 1 is 1.19 bits per heavy atom. The van der Waals surface area contributed by atoms with Crippen LogP contribution in [0.5, 0.6) is 0 Å². The minimum Gasteiger partial charge on any atom is -0.343 e. The van der Waals surface area contributed by atoms with Gasteiger partial charge in [0.25, 0.3) is 5.69 Å². The SMILES string of the molecule is O=[N+]([O-])c1ccc(Cl)cc1Cn1ccc2ccc(F)cc21. The molecule has 4 nitrogen and oxygen atoms in total. The standard InChI is InChI=1S/C15H10ClFN2O2/c16-12-2-4-14(19(20)21)11(7-12)9-18-6-5-10-1-3-13(17)8-15(10)18/h1-8H,9H2. The number of nitrogens with zero attached hydrogens (tertiary/aromatic N) is 2. The van der Waals surface area contributed by atoms with Crippen LogP contribution in [0.2, 0.25) is 5.02 Å². The molecule has 0 aliphatic heterocycles. The van der Waals surface area contributed by atoms with Gasteiger partial charge in [-0.1, -0.05) is 11.6 Å². The quantitative estimate of drug-likeness (QED) is 0.532. The topological polar surface area (TPSA) is 48.1 Å². The number of rotatable bonds is 3. The molecule has 2 aromatic carbocycles. The maximum Gasteiger partial charge on any atom is 0.274 e.